The molecule has 0 spiro atoms. The molecule has 140 valence electrons. The third-order valence-corrected chi connectivity index (χ3v) is 6.68. The predicted octanol–water partition coefficient (Wildman–Crippen LogP) is 6.61. The van der Waals surface area contributed by atoms with Gasteiger partial charge in [0.05, 0.1) is 10.6 Å². The summed E-state index contributed by atoms with van der Waals surface area (Å²) < 4.78 is 0. The number of halogens is 1. The Morgan fingerprint density at radius 3 is 2.43 bits per heavy atom. The van der Waals surface area contributed by atoms with E-state index >= 15 is 0 Å². The number of carbonyl (C=O) groups excluding carboxylic acids is 1. The van der Waals surface area contributed by atoms with Gasteiger partial charge in [-0.3, -0.25) is 9.69 Å². The Labute approximate surface area is 177 Å². The number of rotatable bonds is 3. The van der Waals surface area contributed by atoms with Crippen molar-refractivity contribution < 1.29 is 4.79 Å². The molecule has 0 N–H and O–H groups in total. The van der Waals surface area contributed by atoms with Crippen LogP contribution in [-0.2, 0) is 4.79 Å². The van der Waals surface area contributed by atoms with Crippen molar-refractivity contribution in [3.05, 3.63) is 81.0 Å². The molecule has 2 heterocycles. The molecule has 0 saturated carbocycles. The van der Waals surface area contributed by atoms with Crippen LogP contribution in [0.1, 0.15) is 10.4 Å². The summed E-state index contributed by atoms with van der Waals surface area (Å²) in [6.45, 7) is 2.04. The van der Waals surface area contributed by atoms with Crippen LogP contribution in [0.2, 0.25) is 5.02 Å². The number of amidine groups is 1. The number of likely N-dealkylation sites (N-methyl/N-ethyl adjacent to an activating group) is 1. The monoisotopic (exact) mass is 424 g/mol. The summed E-state index contributed by atoms with van der Waals surface area (Å²) in [5, 5.41) is 1.41. The lowest BCUT2D eigenvalue weighted by atomic mass is 10.2. The molecule has 1 aliphatic heterocycles. The second-order valence-corrected chi connectivity index (χ2v) is 8.97. The SMILES string of the molecule is Cc1ccc(N=C2S/C(=C\c3ccc(-c4ccc(Cl)cc4)s3)C(=O)N2C)cc1. The topological polar surface area (TPSA) is 32.7 Å². The van der Waals surface area contributed by atoms with E-state index in [0.29, 0.717) is 10.1 Å². The molecule has 2 aromatic carbocycles. The fourth-order valence-corrected chi connectivity index (χ4v) is 4.85. The zero-order valence-corrected chi connectivity index (χ0v) is 17.7. The van der Waals surface area contributed by atoms with Crippen LogP contribution in [0.25, 0.3) is 16.5 Å². The van der Waals surface area contributed by atoms with Gasteiger partial charge in [0.2, 0.25) is 0 Å². The third-order valence-electron chi connectivity index (χ3n) is 4.29. The second kappa shape index (κ2) is 7.95. The Hall–Kier alpha value is -2.34. The number of aryl methyl sites for hydroxylation is 1. The maximum absolute atomic E-state index is 12.6. The summed E-state index contributed by atoms with van der Waals surface area (Å²) in [7, 11) is 1.76. The van der Waals surface area contributed by atoms with Gasteiger partial charge < -0.3 is 0 Å². The Balaban J connectivity index is 1.57. The van der Waals surface area contributed by atoms with Crippen molar-refractivity contribution in [1.29, 1.82) is 0 Å². The van der Waals surface area contributed by atoms with Gasteiger partial charge in [0.15, 0.2) is 5.17 Å². The number of thiophene rings is 1. The molecule has 0 aliphatic carbocycles. The van der Waals surface area contributed by atoms with E-state index in [9.17, 15) is 4.79 Å². The third kappa shape index (κ3) is 4.07. The highest BCUT2D eigenvalue weighted by molar-refractivity contribution is 8.18. The lowest BCUT2D eigenvalue weighted by molar-refractivity contribution is -0.121. The molecular formula is C22H17ClN2OS2. The van der Waals surface area contributed by atoms with Crippen molar-refractivity contribution in [1.82, 2.24) is 4.90 Å². The molecule has 0 unspecified atom stereocenters. The first kappa shape index (κ1) is 19.0. The standard InChI is InChI=1S/C22H17ClN2OS2/c1-14-3-9-17(10-4-14)24-22-25(2)21(26)20(28-22)13-18-11-12-19(27-18)15-5-7-16(23)8-6-15/h3-13H,1-2H3/b20-13-,24-22?. The average molecular weight is 425 g/mol. The summed E-state index contributed by atoms with van der Waals surface area (Å²) in [6, 6.07) is 19.8. The van der Waals surface area contributed by atoms with Gasteiger partial charge in [-0.25, -0.2) is 4.99 Å². The van der Waals surface area contributed by atoms with Crippen LogP contribution >= 0.6 is 34.7 Å². The predicted molar refractivity (Wildman–Crippen MR) is 121 cm³/mol. The van der Waals surface area contributed by atoms with Gasteiger partial charge in [-0.15, -0.1) is 11.3 Å². The minimum absolute atomic E-state index is 0.0303. The summed E-state index contributed by atoms with van der Waals surface area (Å²) >= 11 is 9.01. The van der Waals surface area contributed by atoms with Crippen LogP contribution in [0, 0.1) is 6.92 Å². The normalized spacial score (nSPS) is 17.1. The van der Waals surface area contributed by atoms with Crippen molar-refractivity contribution in [3.8, 4) is 10.4 Å². The van der Waals surface area contributed by atoms with Crippen LogP contribution in [0.4, 0.5) is 5.69 Å². The van der Waals surface area contributed by atoms with Crippen molar-refractivity contribution in [3.63, 3.8) is 0 Å². The lowest BCUT2D eigenvalue weighted by Crippen LogP contribution is -2.23. The fraction of sp³-hybridized carbons (Fsp3) is 0.0909. The molecule has 1 fully saturated rings. The highest BCUT2D eigenvalue weighted by atomic mass is 35.5. The Kier molecular flexibility index (Phi) is 5.40. The van der Waals surface area contributed by atoms with Gasteiger partial charge >= 0.3 is 0 Å². The minimum Gasteiger partial charge on any atom is -0.290 e. The molecule has 1 saturated heterocycles. The number of amides is 1. The summed E-state index contributed by atoms with van der Waals surface area (Å²) in [5.41, 5.74) is 3.14. The number of thioether (sulfide) groups is 1. The van der Waals surface area contributed by atoms with E-state index in [1.807, 2.05) is 67.6 Å². The number of aliphatic imine (C=N–C) groups is 1. The quantitative estimate of drug-likeness (QED) is 0.443. The first-order chi connectivity index (χ1) is 13.5. The van der Waals surface area contributed by atoms with Crippen LogP contribution in [0.5, 0.6) is 0 Å². The van der Waals surface area contributed by atoms with Gasteiger partial charge in [-0.05, 0) is 66.7 Å². The van der Waals surface area contributed by atoms with Crippen LogP contribution in [0.15, 0.2) is 70.6 Å². The number of carbonyl (C=O) groups is 1. The second-order valence-electron chi connectivity index (χ2n) is 6.41. The summed E-state index contributed by atoms with van der Waals surface area (Å²) in [6.07, 6.45) is 1.94. The number of hydrogen-bond acceptors (Lipinski definition) is 4. The molecule has 4 rings (SSSR count). The maximum Gasteiger partial charge on any atom is 0.266 e. The zero-order chi connectivity index (χ0) is 19.7. The van der Waals surface area contributed by atoms with Crippen molar-refractivity contribution in [2.24, 2.45) is 4.99 Å². The highest BCUT2D eigenvalue weighted by Crippen LogP contribution is 2.36. The largest absolute Gasteiger partial charge is 0.290 e. The molecule has 0 atom stereocenters. The minimum atomic E-state index is -0.0303. The number of benzene rings is 2. The molecule has 1 aliphatic rings. The molecule has 0 bridgehead atoms. The van der Waals surface area contributed by atoms with Crippen molar-refractivity contribution in [2.45, 2.75) is 6.92 Å². The van der Waals surface area contributed by atoms with Gasteiger partial charge in [-0.2, -0.15) is 0 Å². The van der Waals surface area contributed by atoms with Crippen LogP contribution in [-0.4, -0.2) is 23.0 Å². The fourth-order valence-electron chi connectivity index (χ4n) is 2.71. The van der Waals surface area contributed by atoms with Crippen molar-refractivity contribution in [2.75, 3.05) is 7.05 Å². The number of hydrogen-bond donors (Lipinski definition) is 0. The molecule has 1 amide bonds. The Morgan fingerprint density at radius 2 is 1.71 bits per heavy atom. The molecule has 28 heavy (non-hydrogen) atoms. The summed E-state index contributed by atoms with van der Waals surface area (Å²) in [5.74, 6) is -0.0303. The Bertz CT molecular complexity index is 1080. The van der Waals surface area contributed by atoms with E-state index in [1.54, 1.807) is 23.3 Å². The molecule has 6 heteroatoms. The summed E-state index contributed by atoms with van der Waals surface area (Å²) in [4.78, 5) is 21.7. The lowest BCUT2D eigenvalue weighted by Gasteiger charge is -2.07. The van der Waals surface area contributed by atoms with E-state index in [1.165, 1.54) is 17.3 Å². The molecule has 0 radical (unpaired) electrons. The van der Waals surface area contributed by atoms with Crippen LogP contribution < -0.4 is 0 Å². The number of nitrogens with zero attached hydrogens (tertiary/aromatic N) is 2. The molecule has 3 nitrogen and oxygen atoms in total. The van der Waals surface area contributed by atoms with Crippen molar-refractivity contribution >= 4 is 57.5 Å². The molecular weight excluding hydrogens is 408 g/mol. The van der Waals surface area contributed by atoms with Crippen LogP contribution in [0.3, 0.4) is 0 Å². The van der Waals surface area contributed by atoms with Gasteiger partial charge in [0.25, 0.3) is 5.91 Å². The Morgan fingerprint density at radius 1 is 1.00 bits per heavy atom. The zero-order valence-electron chi connectivity index (χ0n) is 15.3. The first-order valence-corrected chi connectivity index (χ1v) is 10.7. The van der Waals surface area contributed by atoms with Gasteiger partial charge in [0, 0.05) is 21.8 Å². The first-order valence-electron chi connectivity index (χ1n) is 8.68. The average Bonchev–Trinajstić information content (AvgIpc) is 3.25. The van der Waals surface area contributed by atoms with E-state index in [4.69, 9.17) is 11.6 Å². The molecule has 1 aromatic heterocycles. The molecule has 3 aromatic rings. The highest BCUT2D eigenvalue weighted by Gasteiger charge is 2.30. The smallest absolute Gasteiger partial charge is 0.266 e. The van der Waals surface area contributed by atoms with E-state index in [-0.39, 0.29) is 5.91 Å². The van der Waals surface area contributed by atoms with E-state index < -0.39 is 0 Å². The van der Waals surface area contributed by atoms with Gasteiger partial charge in [-0.1, -0.05) is 41.4 Å². The van der Waals surface area contributed by atoms with Gasteiger partial charge in [0.1, 0.15) is 0 Å². The van der Waals surface area contributed by atoms with E-state index in [2.05, 4.69) is 11.1 Å². The maximum atomic E-state index is 12.6. The van der Waals surface area contributed by atoms with E-state index in [0.717, 1.165) is 26.0 Å².